The van der Waals surface area contributed by atoms with Gasteiger partial charge in [0.1, 0.15) is 0 Å². The number of rotatable bonds is 2. The maximum absolute atomic E-state index is 13.1. The summed E-state index contributed by atoms with van der Waals surface area (Å²) < 4.78 is 38.8. The fraction of sp³-hybridized carbons (Fsp3) is 0.364. The lowest BCUT2D eigenvalue weighted by Gasteiger charge is -2.42. The van der Waals surface area contributed by atoms with Gasteiger partial charge < -0.3 is 0 Å². The molecular formula is C22H20F3NO2S. The normalized spacial score (nSPS) is 22.1. The molecule has 1 amide bonds. The van der Waals surface area contributed by atoms with E-state index in [1.165, 1.54) is 28.4 Å². The van der Waals surface area contributed by atoms with E-state index in [1.54, 1.807) is 0 Å². The van der Waals surface area contributed by atoms with Crippen molar-refractivity contribution in [1.29, 1.82) is 0 Å². The highest BCUT2D eigenvalue weighted by molar-refractivity contribution is 7.10. The second-order valence-corrected chi connectivity index (χ2v) is 9.33. The molecule has 0 bridgehead atoms. The van der Waals surface area contributed by atoms with E-state index in [9.17, 15) is 22.8 Å². The van der Waals surface area contributed by atoms with E-state index in [4.69, 9.17) is 0 Å². The number of nitrogens with zero attached hydrogens (tertiary/aromatic N) is 1. The summed E-state index contributed by atoms with van der Waals surface area (Å²) in [5.41, 5.74) is 0.534. The van der Waals surface area contributed by atoms with Gasteiger partial charge >= 0.3 is 6.18 Å². The molecule has 2 aliphatic rings. The van der Waals surface area contributed by atoms with Crippen LogP contribution in [0.25, 0.3) is 0 Å². The number of ketones is 1. The Morgan fingerprint density at radius 3 is 2.34 bits per heavy atom. The first-order valence-electron chi connectivity index (χ1n) is 9.37. The van der Waals surface area contributed by atoms with E-state index in [0.717, 1.165) is 17.0 Å². The summed E-state index contributed by atoms with van der Waals surface area (Å²) in [6.45, 7) is 3.94. The first kappa shape index (κ1) is 19.9. The molecule has 0 spiro atoms. The highest BCUT2D eigenvalue weighted by Crippen LogP contribution is 2.49. The molecule has 3 nitrogen and oxygen atoms in total. The number of halogens is 3. The van der Waals surface area contributed by atoms with Crippen LogP contribution in [-0.2, 0) is 15.8 Å². The lowest BCUT2D eigenvalue weighted by atomic mass is 9.70. The fourth-order valence-electron chi connectivity index (χ4n) is 4.25. The Labute approximate surface area is 170 Å². The number of carbonyl (C=O) groups is 2. The number of amides is 1. The number of carbonyl (C=O) groups excluding carboxylic acids is 2. The van der Waals surface area contributed by atoms with Crippen LogP contribution in [0, 0.1) is 5.41 Å². The predicted octanol–water partition coefficient (Wildman–Crippen LogP) is 5.93. The molecule has 1 aromatic heterocycles. The predicted molar refractivity (Wildman–Crippen MR) is 106 cm³/mol. The Morgan fingerprint density at radius 1 is 1.07 bits per heavy atom. The number of hydrogen-bond donors (Lipinski definition) is 0. The fourth-order valence-corrected chi connectivity index (χ4v) is 5.08. The van der Waals surface area contributed by atoms with Gasteiger partial charge in [0.15, 0.2) is 5.78 Å². The Hall–Kier alpha value is -2.41. The number of anilines is 1. The quantitative estimate of drug-likeness (QED) is 0.605. The molecule has 0 saturated carbocycles. The monoisotopic (exact) mass is 419 g/mol. The third-order valence-corrected chi connectivity index (χ3v) is 6.47. The van der Waals surface area contributed by atoms with Crippen LogP contribution in [0.5, 0.6) is 0 Å². The molecule has 1 atom stereocenters. The van der Waals surface area contributed by atoms with Crippen LogP contribution in [0.2, 0.25) is 0 Å². The van der Waals surface area contributed by atoms with Crippen molar-refractivity contribution >= 4 is 28.7 Å². The van der Waals surface area contributed by atoms with Crippen molar-refractivity contribution in [2.75, 3.05) is 4.90 Å². The van der Waals surface area contributed by atoms with Gasteiger partial charge in [-0.1, -0.05) is 19.9 Å². The van der Waals surface area contributed by atoms with Gasteiger partial charge in [-0.15, -0.1) is 11.3 Å². The van der Waals surface area contributed by atoms with Crippen LogP contribution in [-0.4, -0.2) is 11.7 Å². The second-order valence-electron chi connectivity index (χ2n) is 8.35. The number of alkyl halides is 3. The average Bonchev–Trinajstić information content (AvgIpc) is 3.13. The molecule has 29 heavy (non-hydrogen) atoms. The first-order chi connectivity index (χ1) is 13.6. The molecule has 4 rings (SSSR count). The Morgan fingerprint density at radius 2 is 1.76 bits per heavy atom. The molecule has 0 N–H and O–H groups in total. The molecule has 152 valence electrons. The van der Waals surface area contributed by atoms with E-state index >= 15 is 0 Å². The topological polar surface area (TPSA) is 37.4 Å². The number of benzene rings is 1. The van der Waals surface area contributed by atoms with Crippen LogP contribution >= 0.6 is 11.3 Å². The van der Waals surface area contributed by atoms with E-state index in [1.807, 2.05) is 31.4 Å². The van der Waals surface area contributed by atoms with Crippen molar-refractivity contribution in [2.24, 2.45) is 5.41 Å². The summed E-state index contributed by atoms with van der Waals surface area (Å²) >= 11 is 1.51. The number of thiophene rings is 1. The summed E-state index contributed by atoms with van der Waals surface area (Å²) in [4.78, 5) is 28.6. The largest absolute Gasteiger partial charge is 0.416 e. The van der Waals surface area contributed by atoms with E-state index < -0.39 is 11.7 Å². The zero-order valence-electron chi connectivity index (χ0n) is 16.0. The van der Waals surface area contributed by atoms with Crippen LogP contribution in [0.3, 0.4) is 0 Å². The maximum Gasteiger partial charge on any atom is 0.416 e. The first-order valence-corrected chi connectivity index (χ1v) is 10.2. The van der Waals surface area contributed by atoms with Crippen LogP contribution in [0.1, 0.15) is 49.5 Å². The second kappa shape index (κ2) is 6.83. The van der Waals surface area contributed by atoms with Gasteiger partial charge in [0.2, 0.25) is 5.91 Å². The van der Waals surface area contributed by atoms with Gasteiger partial charge in [0.05, 0.1) is 5.56 Å². The molecule has 7 heteroatoms. The average molecular weight is 419 g/mol. The van der Waals surface area contributed by atoms with Gasteiger partial charge in [-0.25, -0.2) is 0 Å². The number of allylic oxidation sites excluding steroid dienone is 2. The van der Waals surface area contributed by atoms with Crippen LogP contribution in [0.4, 0.5) is 18.9 Å². The molecule has 0 fully saturated rings. The smallest absolute Gasteiger partial charge is 0.294 e. The summed E-state index contributed by atoms with van der Waals surface area (Å²) in [6, 6.07) is 8.39. The van der Waals surface area contributed by atoms with E-state index in [0.29, 0.717) is 29.8 Å². The molecular weight excluding hydrogens is 399 g/mol. The van der Waals surface area contributed by atoms with Crippen molar-refractivity contribution in [3.05, 3.63) is 63.5 Å². The van der Waals surface area contributed by atoms with Crippen LogP contribution in [0.15, 0.2) is 53.0 Å². The summed E-state index contributed by atoms with van der Waals surface area (Å²) in [6.07, 6.45) is -3.40. The lowest BCUT2D eigenvalue weighted by Crippen LogP contribution is -2.43. The minimum Gasteiger partial charge on any atom is -0.294 e. The Bertz CT molecular complexity index is 988. The molecule has 1 aromatic carbocycles. The van der Waals surface area contributed by atoms with E-state index in [2.05, 4.69) is 0 Å². The highest BCUT2D eigenvalue weighted by Gasteiger charge is 2.44. The van der Waals surface area contributed by atoms with Crippen LogP contribution < -0.4 is 4.90 Å². The molecule has 0 radical (unpaired) electrons. The number of hydrogen-bond acceptors (Lipinski definition) is 3. The summed E-state index contributed by atoms with van der Waals surface area (Å²) in [7, 11) is 0. The summed E-state index contributed by atoms with van der Waals surface area (Å²) in [5, 5.41) is 1.92. The molecule has 0 saturated heterocycles. The van der Waals surface area contributed by atoms with Crippen molar-refractivity contribution in [2.45, 2.75) is 45.2 Å². The Kier molecular flexibility index (Phi) is 4.69. The van der Waals surface area contributed by atoms with Gasteiger partial charge in [0.25, 0.3) is 0 Å². The SMILES string of the molecule is CC1(C)CC(=O)C2=C(C1)N(c1ccc(C(F)(F)F)cc1)C(=O)CC2c1cccs1. The lowest BCUT2D eigenvalue weighted by molar-refractivity contribution is -0.137. The Balaban J connectivity index is 1.84. The molecule has 1 aliphatic carbocycles. The zero-order valence-corrected chi connectivity index (χ0v) is 16.9. The van der Waals surface area contributed by atoms with Crippen molar-refractivity contribution < 1.29 is 22.8 Å². The third kappa shape index (κ3) is 3.64. The zero-order chi connectivity index (χ0) is 21.0. The molecule has 2 heterocycles. The maximum atomic E-state index is 13.1. The van der Waals surface area contributed by atoms with Gasteiger partial charge in [0, 0.05) is 40.6 Å². The van der Waals surface area contributed by atoms with E-state index in [-0.39, 0.29) is 29.4 Å². The minimum atomic E-state index is -4.44. The molecule has 1 aliphatic heterocycles. The highest BCUT2D eigenvalue weighted by atomic mass is 32.1. The van der Waals surface area contributed by atoms with Gasteiger partial charge in [-0.2, -0.15) is 13.2 Å². The van der Waals surface area contributed by atoms with Crippen molar-refractivity contribution in [3.63, 3.8) is 0 Å². The van der Waals surface area contributed by atoms with Crippen molar-refractivity contribution in [3.8, 4) is 0 Å². The minimum absolute atomic E-state index is 0.0130. The van der Waals surface area contributed by atoms with Gasteiger partial charge in [-0.05, 0) is 47.5 Å². The molecule has 2 aromatic rings. The standard InChI is InChI=1S/C22H20F3NO2S/c1-21(2)11-16-20(17(27)12-21)15(18-4-3-9-29-18)10-19(28)26(16)14-7-5-13(6-8-14)22(23,24)25/h3-9,15H,10-12H2,1-2H3. The van der Waals surface area contributed by atoms with Crippen molar-refractivity contribution in [1.82, 2.24) is 0 Å². The molecule has 1 unspecified atom stereocenters. The third-order valence-electron chi connectivity index (χ3n) is 5.48. The number of Topliss-reactive ketones (excluding diaryl/α,β-unsaturated/α-hetero) is 1. The summed E-state index contributed by atoms with van der Waals surface area (Å²) in [5.74, 6) is -0.474. The van der Waals surface area contributed by atoms with Gasteiger partial charge in [-0.3, -0.25) is 14.5 Å².